The molecule has 0 radical (unpaired) electrons. The number of nitrogens with two attached hydrogens (primary N) is 1. The van der Waals surface area contributed by atoms with E-state index >= 15 is 0 Å². The van der Waals surface area contributed by atoms with Crippen molar-refractivity contribution < 1.29 is 0 Å². The molecule has 112 valence electrons. The summed E-state index contributed by atoms with van der Waals surface area (Å²) in [7, 11) is 0. The summed E-state index contributed by atoms with van der Waals surface area (Å²) < 4.78 is 0. The quantitative estimate of drug-likeness (QED) is 0.670. The zero-order valence-corrected chi connectivity index (χ0v) is 12.6. The Hall–Kier alpha value is -1.51. The third kappa shape index (κ3) is 2.43. The summed E-state index contributed by atoms with van der Waals surface area (Å²) in [5, 5.41) is 0. The molecule has 1 aliphatic heterocycles. The SMILES string of the molecule is NC(=NCc1ccccc1)N1C[C@@H]2C3CCC(CC3)[C@@H]2C1. The van der Waals surface area contributed by atoms with Crippen LogP contribution in [0.5, 0.6) is 0 Å². The van der Waals surface area contributed by atoms with Gasteiger partial charge >= 0.3 is 0 Å². The number of fused-ring (bicyclic) bond motifs is 2. The van der Waals surface area contributed by atoms with Gasteiger partial charge in [0.05, 0.1) is 6.54 Å². The Kier molecular flexibility index (Phi) is 3.36. The second-order valence-corrected chi connectivity index (χ2v) is 7.07. The second kappa shape index (κ2) is 5.36. The van der Waals surface area contributed by atoms with E-state index in [0.717, 1.165) is 42.7 Å². The molecule has 3 nitrogen and oxygen atoms in total. The van der Waals surface area contributed by atoms with Crippen LogP contribution in [0.15, 0.2) is 35.3 Å². The van der Waals surface area contributed by atoms with Crippen LogP contribution < -0.4 is 5.73 Å². The lowest BCUT2D eigenvalue weighted by Gasteiger charge is -2.44. The first kappa shape index (κ1) is 13.2. The van der Waals surface area contributed by atoms with Crippen molar-refractivity contribution in [1.82, 2.24) is 4.90 Å². The minimum Gasteiger partial charge on any atom is -0.370 e. The lowest BCUT2D eigenvalue weighted by Crippen LogP contribution is -2.38. The smallest absolute Gasteiger partial charge is 0.191 e. The van der Waals surface area contributed by atoms with Crippen LogP contribution in [0.3, 0.4) is 0 Å². The van der Waals surface area contributed by atoms with Crippen LogP contribution in [0.2, 0.25) is 0 Å². The number of likely N-dealkylation sites (tertiary alicyclic amines) is 1. The Morgan fingerprint density at radius 3 is 2.14 bits per heavy atom. The van der Waals surface area contributed by atoms with Gasteiger partial charge in [0.25, 0.3) is 0 Å². The third-order valence-electron chi connectivity index (χ3n) is 6.03. The Morgan fingerprint density at radius 1 is 1.00 bits per heavy atom. The molecule has 5 rings (SSSR count). The fourth-order valence-electron chi connectivity index (χ4n) is 4.90. The van der Waals surface area contributed by atoms with Crippen molar-refractivity contribution in [3.8, 4) is 0 Å². The zero-order valence-electron chi connectivity index (χ0n) is 12.6. The van der Waals surface area contributed by atoms with Crippen molar-refractivity contribution in [3.63, 3.8) is 0 Å². The Labute approximate surface area is 127 Å². The zero-order chi connectivity index (χ0) is 14.2. The highest BCUT2D eigenvalue weighted by molar-refractivity contribution is 5.78. The molecule has 21 heavy (non-hydrogen) atoms. The maximum absolute atomic E-state index is 6.27. The first-order chi connectivity index (χ1) is 10.3. The van der Waals surface area contributed by atoms with Crippen LogP contribution in [-0.2, 0) is 6.54 Å². The highest BCUT2D eigenvalue weighted by Gasteiger charge is 2.48. The molecular weight excluding hydrogens is 258 g/mol. The Balaban J connectivity index is 1.43. The van der Waals surface area contributed by atoms with Crippen molar-refractivity contribution in [2.75, 3.05) is 13.1 Å². The maximum Gasteiger partial charge on any atom is 0.191 e. The van der Waals surface area contributed by atoms with Crippen molar-refractivity contribution in [1.29, 1.82) is 0 Å². The predicted molar refractivity (Wildman–Crippen MR) is 85.8 cm³/mol. The van der Waals surface area contributed by atoms with Crippen molar-refractivity contribution in [3.05, 3.63) is 35.9 Å². The van der Waals surface area contributed by atoms with Crippen molar-refractivity contribution >= 4 is 5.96 Å². The van der Waals surface area contributed by atoms with E-state index in [2.05, 4.69) is 34.2 Å². The van der Waals surface area contributed by atoms with Gasteiger partial charge in [-0.05, 0) is 54.9 Å². The molecule has 0 spiro atoms. The van der Waals surface area contributed by atoms with Crippen molar-refractivity contribution in [2.24, 2.45) is 34.4 Å². The summed E-state index contributed by atoms with van der Waals surface area (Å²) in [6, 6.07) is 10.4. The summed E-state index contributed by atoms with van der Waals surface area (Å²) in [5.74, 6) is 4.47. The molecule has 0 aromatic heterocycles. The third-order valence-corrected chi connectivity index (χ3v) is 6.03. The minimum atomic E-state index is 0.700. The Bertz CT molecular complexity index is 497. The van der Waals surface area contributed by atoms with E-state index in [4.69, 9.17) is 5.73 Å². The number of hydrogen-bond acceptors (Lipinski definition) is 1. The molecule has 4 aliphatic rings. The molecule has 2 N–H and O–H groups in total. The minimum absolute atomic E-state index is 0.700. The van der Waals surface area contributed by atoms with Crippen LogP contribution in [0.1, 0.15) is 31.2 Å². The molecule has 0 unspecified atom stereocenters. The van der Waals surface area contributed by atoms with Crippen LogP contribution >= 0.6 is 0 Å². The molecule has 1 aromatic carbocycles. The fourth-order valence-corrected chi connectivity index (χ4v) is 4.90. The highest BCUT2D eigenvalue weighted by atomic mass is 15.3. The predicted octanol–water partition coefficient (Wildman–Crippen LogP) is 2.87. The van der Waals surface area contributed by atoms with Gasteiger partial charge in [-0.3, -0.25) is 0 Å². The first-order valence-electron chi connectivity index (χ1n) is 8.40. The normalized spacial score (nSPS) is 35.0. The van der Waals surface area contributed by atoms with Gasteiger partial charge in [0, 0.05) is 13.1 Å². The van der Waals surface area contributed by atoms with E-state index in [9.17, 15) is 0 Å². The molecule has 3 heteroatoms. The van der Waals surface area contributed by atoms with E-state index < -0.39 is 0 Å². The standard InChI is InChI=1S/C18H25N3/c19-18(20-10-13-4-2-1-3-5-13)21-11-16-14-6-7-15(9-8-14)17(16)12-21/h1-5,14-17H,6-12H2,(H2,19,20)/t14?,15?,16-,17+. The monoisotopic (exact) mass is 283 g/mol. The second-order valence-electron chi connectivity index (χ2n) is 7.07. The number of nitrogens with zero attached hydrogens (tertiary/aromatic N) is 2. The van der Waals surface area contributed by atoms with Gasteiger partial charge in [0.15, 0.2) is 5.96 Å². The van der Waals surface area contributed by atoms with Gasteiger partial charge in [-0.25, -0.2) is 4.99 Å². The molecule has 1 aromatic rings. The van der Waals surface area contributed by atoms with E-state index in [0.29, 0.717) is 6.54 Å². The van der Waals surface area contributed by atoms with E-state index in [1.165, 1.54) is 31.2 Å². The van der Waals surface area contributed by atoms with E-state index in [1.54, 1.807) is 0 Å². The first-order valence-corrected chi connectivity index (χ1v) is 8.40. The molecule has 3 saturated carbocycles. The van der Waals surface area contributed by atoms with Gasteiger partial charge in [0.1, 0.15) is 0 Å². The number of benzene rings is 1. The van der Waals surface area contributed by atoms with Gasteiger partial charge in [-0.15, -0.1) is 0 Å². The molecule has 3 aliphatic carbocycles. The summed E-state index contributed by atoms with van der Waals surface area (Å²) >= 11 is 0. The van der Waals surface area contributed by atoms with Gasteiger partial charge in [-0.2, -0.15) is 0 Å². The average Bonchev–Trinajstić information content (AvgIpc) is 3.02. The molecule has 0 amide bonds. The van der Waals surface area contributed by atoms with Gasteiger partial charge in [-0.1, -0.05) is 30.3 Å². The van der Waals surface area contributed by atoms with E-state index in [1.807, 2.05) is 6.07 Å². The summed E-state index contributed by atoms with van der Waals surface area (Å²) in [6.45, 7) is 3.00. The lowest BCUT2D eigenvalue weighted by atomic mass is 9.60. The fraction of sp³-hybridized carbons (Fsp3) is 0.611. The lowest BCUT2D eigenvalue weighted by molar-refractivity contribution is 0.0577. The highest BCUT2D eigenvalue weighted by Crippen LogP contribution is 2.51. The van der Waals surface area contributed by atoms with Gasteiger partial charge < -0.3 is 10.6 Å². The largest absolute Gasteiger partial charge is 0.370 e. The molecule has 4 fully saturated rings. The van der Waals surface area contributed by atoms with Crippen LogP contribution in [0, 0.1) is 23.7 Å². The van der Waals surface area contributed by atoms with Gasteiger partial charge in [0.2, 0.25) is 0 Å². The molecule has 2 atom stereocenters. The topological polar surface area (TPSA) is 41.6 Å². The van der Waals surface area contributed by atoms with Crippen LogP contribution in [-0.4, -0.2) is 23.9 Å². The Morgan fingerprint density at radius 2 is 1.57 bits per heavy atom. The molecule has 2 bridgehead atoms. The number of hydrogen-bond donors (Lipinski definition) is 1. The van der Waals surface area contributed by atoms with E-state index in [-0.39, 0.29) is 0 Å². The van der Waals surface area contributed by atoms with Crippen molar-refractivity contribution in [2.45, 2.75) is 32.2 Å². The number of guanidine groups is 1. The average molecular weight is 283 g/mol. The molecule has 1 heterocycles. The number of aliphatic imine (C=N–C) groups is 1. The maximum atomic E-state index is 6.27. The van der Waals surface area contributed by atoms with Crippen LogP contribution in [0.4, 0.5) is 0 Å². The molecular formula is C18H25N3. The van der Waals surface area contributed by atoms with Crippen LogP contribution in [0.25, 0.3) is 0 Å². The summed E-state index contributed by atoms with van der Waals surface area (Å²) in [4.78, 5) is 6.98. The summed E-state index contributed by atoms with van der Waals surface area (Å²) in [6.07, 6.45) is 5.84. The summed E-state index contributed by atoms with van der Waals surface area (Å²) in [5.41, 5.74) is 7.50. The number of rotatable bonds is 2. The molecule has 1 saturated heterocycles.